The van der Waals surface area contributed by atoms with Crippen molar-refractivity contribution in [2.75, 3.05) is 11.9 Å². The number of nitrogens with one attached hydrogen (secondary N) is 2. The van der Waals surface area contributed by atoms with Crippen LogP contribution in [-0.2, 0) is 21.5 Å². The minimum atomic E-state index is -1.30. The highest BCUT2D eigenvalue weighted by Crippen LogP contribution is 2.33. The van der Waals surface area contributed by atoms with E-state index < -0.39 is 17.5 Å². The van der Waals surface area contributed by atoms with Crippen molar-refractivity contribution >= 4 is 29.3 Å². The molecule has 3 aromatic carbocycles. The topological polar surface area (TPSA) is 95.6 Å². The summed E-state index contributed by atoms with van der Waals surface area (Å²) in [4.78, 5) is 52.8. The molecule has 0 radical (unpaired) electrons. The van der Waals surface area contributed by atoms with Gasteiger partial charge in [-0.1, -0.05) is 74.5 Å². The lowest BCUT2D eigenvalue weighted by molar-refractivity contribution is -0.131. The lowest BCUT2D eigenvalue weighted by Crippen LogP contribution is -2.46. The van der Waals surface area contributed by atoms with Crippen LogP contribution in [0, 0.1) is 5.92 Å². The molecule has 2 atom stereocenters. The van der Waals surface area contributed by atoms with Crippen LogP contribution in [0.1, 0.15) is 41.8 Å². The SMILES string of the molecule is CCC(C)C(=O)Nc1ccc(C(=O)CN2C(=O)NC(Cc3ccccc3)(c3ccccc3)C2=O)cc1. The number of urea groups is 1. The zero-order valence-corrected chi connectivity index (χ0v) is 20.4. The number of hydrogen-bond acceptors (Lipinski definition) is 4. The summed E-state index contributed by atoms with van der Waals surface area (Å²) in [6.45, 7) is 3.40. The molecular formula is C29H29N3O4. The number of imide groups is 1. The number of rotatable bonds is 9. The van der Waals surface area contributed by atoms with Gasteiger partial charge >= 0.3 is 6.03 Å². The summed E-state index contributed by atoms with van der Waals surface area (Å²) >= 11 is 0. The molecule has 0 aromatic heterocycles. The van der Waals surface area contributed by atoms with Crippen LogP contribution >= 0.6 is 0 Å². The average molecular weight is 484 g/mol. The maximum Gasteiger partial charge on any atom is 0.325 e. The highest BCUT2D eigenvalue weighted by Gasteiger charge is 2.52. The van der Waals surface area contributed by atoms with Crippen LogP contribution in [-0.4, -0.2) is 35.1 Å². The molecule has 1 heterocycles. The first-order valence-corrected chi connectivity index (χ1v) is 12.0. The lowest BCUT2D eigenvalue weighted by atomic mass is 9.83. The molecule has 184 valence electrons. The van der Waals surface area contributed by atoms with E-state index >= 15 is 0 Å². The number of Topliss-reactive ketones (excluding diaryl/α,β-unsaturated/α-hetero) is 1. The number of hydrogen-bond donors (Lipinski definition) is 2. The average Bonchev–Trinajstić information content (AvgIpc) is 3.14. The Balaban J connectivity index is 1.54. The second-order valence-electron chi connectivity index (χ2n) is 9.05. The molecule has 1 saturated heterocycles. The van der Waals surface area contributed by atoms with Gasteiger partial charge in [0.05, 0.1) is 6.54 Å². The van der Waals surface area contributed by atoms with Gasteiger partial charge in [-0.2, -0.15) is 0 Å². The van der Waals surface area contributed by atoms with Crippen LogP contribution in [0.3, 0.4) is 0 Å². The third-order valence-corrected chi connectivity index (χ3v) is 6.59. The molecule has 2 unspecified atom stereocenters. The molecule has 4 rings (SSSR count). The summed E-state index contributed by atoms with van der Waals surface area (Å²) < 4.78 is 0. The van der Waals surface area contributed by atoms with Crippen molar-refractivity contribution in [2.24, 2.45) is 5.92 Å². The summed E-state index contributed by atoms with van der Waals surface area (Å²) in [7, 11) is 0. The minimum Gasteiger partial charge on any atom is -0.326 e. The Labute approximate surface area is 210 Å². The quantitative estimate of drug-likeness (QED) is 0.345. The first-order chi connectivity index (χ1) is 17.3. The predicted octanol–water partition coefficient (Wildman–Crippen LogP) is 4.54. The molecule has 0 spiro atoms. The van der Waals surface area contributed by atoms with Gasteiger partial charge in [0.15, 0.2) is 11.3 Å². The van der Waals surface area contributed by atoms with E-state index in [-0.39, 0.29) is 30.6 Å². The number of benzene rings is 3. The summed E-state index contributed by atoms with van der Waals surface area (Å²) in [5.74, 6) is -1.05. The van der Waals surface area contributed by atoms with Gasteiger partial charge in [-0.25, -0.2) is 4.79 Å². The first-order valence-electron chi connectivity index (χ1n) is 12.0. The summed E-state index contributed by atoms with van der Waals surface area (Å²) in [6, 6.07) is 24.4. The summed E-state index contributed by atoms with van der Waals surface area (Å²) in [5, 5.41) is 5.69. The maximum atomic E-state index is 13.7. The number of nitrogens with zero attached hydrogens (tertiary/aromatic N) is 1. The molecule has 7 heteroatoms. The largest absolute Gasteiger partial charge is 0.326 e. The molecule has 0 aliphatic carbocycles. The number of amides is 4. The van der Waals surface area contributed by atoms with E-state index in [1.807, 2.05) is 62.4 Å². The third kappa shape index (κ3) is 5.05. The van der Waals surface area contributed by atoms with Gasteiger partial charge in [0.25, 0.3) is 5.91 Å². The van der Waals surface area contributed by atoms with E-state index in [9.17, 15) is 19.2 Å². The van der Waals surface area contributed by atoms with E-state index in [0.717, 1.165) is 16.9 Å². The zero-order chi connectivity index (χ0) is 25.7. The van der Waals surface area contributed by atoms with E-state index in [1.165, 1.54) is 0 Å². The second kappa shape index (κ2) is 10.6. The normalized spacial score (nSPS) is 18.0. The van der Waals surface area contributed by atoms with Crippen molar-refractivity contribution in [3.8, 4) is 0 Å². The van der Waals surface area contributed by atoms with Gasteiger partial charge in [-0.15, -0.1) is 0 Å². The van der Waals surface area contributed by atoms with Crippen molar-refractivity contribution in [1.82, 2.24) is 10.2 Å². The molecule has 4 amide bonds. The number of carbonyl (C=O) groups is 4. The van der Waals surface area contributed by atoms with Crippen LogP contribution in [0.15, 0.2) is 84.9 Å². The van der Waals surface area contributed by atoms with Crippen LogP contribution < -0.4 is 10.6 Å². The molecule has 36 heavy (non-hydrogen) atoms. The van der Waals surface area contributed by atoms with Crippen molar-refractivity contribution in [3.63, 3.8) is 0 Å². The Morgan fingerprint density at radius 1 is 0.917 bits per heavy atom. The van der Waals surface area contributed by atoms with Gasteiger partial charge in [0, 0.05) is 23.6 Å². The van der Waals surface area contributed by atoms with Crippen LogP contribution in [0.4, 0.5) is 10.5 Å². The Morgan fingerprint density at radius 2 is 1.53 bits per heavy atom. The maximum absolute atomic E-state index is 13.7. The number of ketones is 1. The fourth-order valence-corrected chi connectivity index (χ4v) is 4.24. The fraction of sp³-hybridized carbons (Fsp3) is 0.241. The van der Waals surface area contributed by atoms with Crippen molar-refractivity contribution in [3.05, 3.63) is 102 Å². The Hall–Kier alpha value is -4.26. The number of carbonyl (C=O) groups excluding carboxylic acids is 4. The van der Waals surface area contributed by atoms with Crippen molar-refractivity contribution in [2.45, 2.75) is 32.2 Å². The highest BCUT2D eigenvalue weighted by atomic mass is 16.2. The minimum absolute atomic E-state index is 0.0911. The lowest BCUT2D eigenvalue weighted by Gasteiger charge is -2.27. The van der Waals surface area contributed by atoms with E-state index in [0.29, 0.717) is 16.8 Å². The Kier molecular flexibility index (Phi) is 7.29. The molecule has 1 fully saturated rings. The molecular weight excluding hydrogens is 454 g/mol. The highest BCUT2D eigenvalue weighted by molar-refractivity contribution is 6.11. The summed E-state index contributed by atoms with van der Waals surface area (Å²) in [5.41, 5.74) is 1.17. The monoisotopic (exact) mass is 483 g/mol. The molecule has 3 aromatic rings. The van der Waals surface area contributed by atoms with E-state index in [1.54, 1.807) is 36.4 Å². The second-order valence-corrected chi connectivity index (χ2v) is 9.05. The Morgan fingerprint density at radius 3 is 2.14 bits per heavy atom. The molecule has 1 aliphatic heterocycles. The summed E-state index contributed by atoms with van der Waals surface area (Å²) in [6.07, 6.45) is 0.987. The van der Waals surface area contributed by atoms with Crippen LogP contribution in [0.2, 0.25) is 0 Å². The van der Waals surface area contributed by atoms with Crippen LogP contribution in [0.5, 0.6) is 0 Å². The van der Waals surface area contributed by atoms with Gasteiger partial charge < -0.3 is 10.6 Å². The molecule has 7 nitrogen and oxygen atoms in total. The molecule has 2 N–H and O–H groups in total. The van der Waals surface area contributed by atoms with Crippen LogP contribution in [0.25, 0.3) is 0 Å². The predicted molar refractivity (Wildman–Crippen MR) is 137 cm³/mol. The van der Waals surface area contributed by atoms with Crippen molar-refractivity contribution in [1.29, 1.82) is 0 Å². The smallest absolute Gasteiger partial charge is 0.325 e. The Bertz CT molecular complexity index is 1260. The number of anilines is 1. The standard InChI is InChI=1S/C29H29N3O4/c1-3-20(2)26(34)30-24-16-14-22(15-17-24)25(33)19-32-27(35)29(31-28(32)36,23-12-8-5-9-13-23)18-21-10-6-4-7-11-21/h4-17,20H,3,18-19H2,1-2H3,(H,30,34)(H,31,36). The van der Waals surface area contributed by atoms with Gasteiger partial charge in [-0.3, -0.25) is 19.3 Å². The van der Waals surface area contributed by atoms with E-state index in [2.05, 4.69) is 10.6 Å². The van der Waals surface area contributed by atoms with Gasteiger partial charge in [0.2, 0.25) is 5.91 Å². The van der Waals surface area contributed by atoms with E-state index in [4.69, 9.17) is 0 Å². The fourth-order valence-electron chi connectivity index (χ4n) is 4.24. The van der Waals surface area contributed by atoms with Gasteiger partial charge in [-0.05, 0) is 41.8 Å². The van der Waals surface area contributed by atoms with Gasteiger partial charge in [0.1, 0.15) is 0 Å². The zero-order valence-electron chi connectivity index (χ0n) is 20.4. The molecule has 0 bridgehead atoms. The van der Waals surface area contributed by atoms with Crippen molar-refractivity contribution < 1.29 is 19.2 Å². The third-order valence-electron chi connectivity index (χ3n) is 6.59. The first kappa shape index (κ1) is 24.9. The molecule has 1 aliphatic rings. The molecule has 0 saturated carbocycles.